The zero-order chi connectivity index (χ0) is 6.81. The minimum absolute atomic E-state index is 1.12. The molecule has 2 aliphatic carbocycles. The zero-order valence-corrected chi connectivity index (χ0v) is 7.45. The fourth-order valence-corrected chi connectivity index (χ4v) is 3.81. The molecule has 0 atom stereocenters. The standard InChI is InChI=1S/C9H16P/c1-2-5-8(4-1)10-9-6-3-7-9/h8-9H,1-7H2. The molecule has 57 valence electrons. The molecule has 0 nitrogen and oxygen atoms in total. The minimum atomic E-state index is 1.12. The normalized spacial score (nSPS) is 30.0. The third kappa shape index (κ3) is 1.53. The lowest BCUT2D eigenvalue weighted by molar-refractivity contribution is 0.515. The molecule has 0 spiro atoms. The Bertz CT molecular complexity index is 101. The molecule has 0 heterocycles. The molecule has 0 bridgehead atoms. The van der Waals surface area contributed by atoms with Gasteiger partial charge in [-0.3, -0.25) is 0 Å². The SMILES string of the molecule is C1CCC([P]C2CCC2)C1. The maximum atomic E-state index is 1.82. The van der Waals surface area contributed by atoms with Gasteiger partial charge in [0.1, 0.15) is 0 Å². The molecule has 0 aromatic heterocycles. The highest BCUT2D eigenvalue weighted by Gasteiger charge is 2.24. The Morgan fingerprint density at radius 2 is 1.20 bits per heavy atom. The summed E-state index contributed by atoms with van der Waals surface area (Å²) in [4.78, 5) is 0. The summed E-state index contributed by atoms with van der Waals surface area (Å²) in [5, 5.41) is 0. The third-order valence-corrected chi connectivity index (χ3v) is 4.70. The van der Waals surface area contributed by atoms with E-state index in [2.05, 4.69) is 0 Å². The smallest absolute Gasteiger partial charge is 0.0168 e. The molecular weight excluding hydrogens is 139 g/mol. The molecule has 10 heavy (non-hydrogen) atoms. The van der Waals surface area contributed by atoms with Gasteiger partial charge in [-0.05, 0) is 37.0 Å². The van der Waals surface area contributed by atoms with Gasteiger partial charge in [-0.25, -0.2) is 0 Å². The van der Waals surface area contributed by atoms with Crippen molar-refractivity contribution in [2.45, 2.75) is 56.3 Å². The Hall–Kier alpha value is 0.430. The van der Waals surface area contributed by atoms with Gasteiger partial charge in [0.05, 0.1) is 0 Å². The van der Waals surface area contributed by atoms with Gasteiger partial charge in [0.2, 0.25) is 0 Å². The van der Waals surface area contributed by atoms with Crippen LogP contribution in [0.15, 0.2) is 0 Å². The van der Waals surface area contributed by atoms with Crippen molar-refractivity contribution >= 4 is 8.58 Å². The summed E-state index contributed by atoms with van der Waals surface area (Å²) in [6.45, 7) is 0. The van der Waals surface area contributed by atoms with Crippen molar-refractivity contribution in [3.8, 4) is 0 Å². The maximum absolute atomic E-state index is 1.82. The van der Waals surface area contributed by atoms with Crippen LogP contribution in [0.2, 0.25) is 0 Å². The third-order valence-electron chi connectivity index (χ3n) is 2.82. The van der Waals surface area contributed by atoms with Crippen LogP contribution in [-0.4, -0.2) is 11.3 Å². The summed E-state index contributed by atoms with van der Waals surface area (Å²) in [7, 11) is 1.82. The highest BCUT2D eigenvalue weighted by atomic mass is 31.1. The average molecular weight is 155 g/mol. The van der Waals surface area contributed by atoms with Crippen molar-refractivity contribution in [3.05, 3.63) is 0 Å². The Morgan fingerprint density at radius 3 is 1.60 bits per heavy atom. The molecule has 2 fully saturated rings. The van der Waals surface area contributed by atoms with Gasteiger partial charge < -0.3 is 0 Å². The Morgan fingerprint density at radius 1 is 0.700 bits per heavy atom. The highest BCUT2D eigenvalue weighted by molar-refractivity contribution is 7.39. The van der Waals surface area contributed by atoms with Gasteiger partial charge in [-0.1, -0.05) is 27.8 Å². The lowest BCUT2D eigenvalue weighted by Gasteiger charge is -2.27. The average Bonchev–Trinajstić information content (AvgIpc) is 2.29. The lowest BCUT2D eigenvalue weighted by atomic mass is 10.00. The van der Waals surface area contributed by atoms with Crippen LogP contribution in [0, 0.1) is 0 Å². The molecule has 0 N–H and O–H groups in total. The van der Waals surface area contributed by atoms with E-state index in [1.54, 1.807) is 0 Å². The van der Waals surface area contributed by atoms with Gasteiger partial charge in [0, 0.05) is 0 Å². The molecule has 2 aliphatic rings. The fourth-order valence-electron chi connectivity index (χ4n) is 1.89. The van der Waals surface area contributed by atoms with E-state index in [0.29, 0.717) is 0 Å². The van der Waals surface area contributed by atoms with Crippen LogP contribution >= 0.6 is 8.58 Å². The molecule has 0 aromatic rings. The molecule has 1 radical (unpaired) electrons. The summed E-state index contributed by atoms with van der Waals surface area (Å²) in [5.41, 5.74) is 2.24. The van der Waals surface area contributed by atoms with Crippen LogP contribution in [0.3, 0.4) is 0 Å². The van der Waals surface area contributed by atoms with E-state index in [4.69, 9.17) is 0 Å². The van der Waals surface area contributed by atoms with Crippen molar-refractivity contribution in [1.82, 2.24) is 0 Å². The predicted molar refractivity (Wildman–Crippen MR) is 46.8 cm³/mol. The molecule has 0 saturated heterocycles. The van der Waals surface area contributed by atoms with Crippen molar-refractivity contribution < 1.29 is 0 Å². The van der Waals surface area contributed by atoms with Crippen LogP contribution in [0.25, 0.3) is 0 Å². The summed E-state index contributed by atoms with van der Waals surface area (Å²) in [6, 6.07) is 0. The minimum Gasteiger partial charge on any atom is -0.0741 e. The van der Waals surface area contributed by atoms with Crippen LogP contribution in [0.5, 0.6) is 0 Å². The largest absolute Gasteiger partial charge is 0.0741 e. The van der Waals surface area contributed by atoms with Crippen LogP contribution in [0.1, 0.15) is 44.9 Å². The van der Waals surface area contributed by atoms with Crippen LogP contribution in [0.4, 0.5) is 0 Å². The summed E-state index contributed by atoms with van der Waals surface area (Å²) in [5.74, 6) is 0. The molecular formula is C9H16P. The van der Waals surface area contributed by atoms with Gasteiger partial charge in [0.15, 0.2) is 0 Å². The summed E-state index contributed by atoms with van der Waals surface area (Å²) < 4.78 is 0. The maximum Gasteiger partial charge on any atom is -0.0168 e. The van der Waals surface area contributed by atoms with Crippen molar-refractivity contribution in [2.24, 2.45) is 0 Å². The van der Waals surface area contributed by atoms with Gasteiger partial charge in [-0.2, -0.15) is 0 Å². The van der Waals surface area contributed by atoms with E-state index in [1.807, 2.05) is 8.58 Å². The van der Waals surface area contributed by atoms with Gasteiger partial charge >= 0.3 is 0 Å². The second-order valence-corrected chi connectivity index (χ2v) is 5.43. The van der Waals surface area contributed by atoms with Crippen molar-refractivity contribution in [2.75, 3.05) is 0 Å². The molecule has 2 saturated carbocycles. The molecule has 2 rings (SSSR count). The first-order valence-electron chi connectivity index (χ1n) is 4.65. The number of hydrogen-bond acceptors (Lipinski definition) is 0. The van der Waals surface area contributed by atoms with Gasteiger partial charge in [0.25, 0.3) is 0 Å². The second kappa shape index (κ2) is 3.22. The highest BCUT2D eigenvalue weighted by Crippen LogP contribution is 2.44. The first kappa shape index (κ1) is 7.10. The molecule has 0 aliphatic heterocycles. The second-order valence-electron chi connectivity index (χ2n) is 3.67. The molecule has 1 heteroatoms. The van der Waals surface area contributed by atoms with Crippen molar-refractivity contribution in [1.29, 1.82) is 0 Å². The van der Waals surface area contributed by atoms with E-state index in [9.17, 15) is 0 Å². The fraction of sp³-hybridized carbons (Fsp3) is 1.00. The Labute approximate surface area is 65.6 Å². The molecule has 0 aromatic carbocycles. The van der Waals surface area contributed by atoms with E-state index in [0.717, 1.165) is 11.3 Å². The quantitative estimate of drug-likeness (QED) is 0.536. The van der Waals surface area contributed by atoms with E-state index in [-0.39, 0.29) is 0 Å². The monoisotopic (exact) mass is 155 g/mol. The molecule has 0 unspecified atom stereocenters. The molecule has 0 amide bonds. The summed E-state index contributed by atoms with van der Waals surface area (Å²) in [6.07, 6.45) is 10.7. The number of hydrogen-bond donors (Lipinski definition) is 0. The van der Waals surface area contributed by atoms with E-state index < -0.39 is 0 Å². The first-order valence-corrected chi connectivity index (χ1v) is 5.68. The first-order chi connectivity index (χ1) is 4.95. The topological polar surface area (TPSA) is 0 Å². The summed E-state index contributed by atoms with van der Waals surface area (Å²) >= 11 is 0. The Kier molecular flexibility index (Phi) is 2.28. The number of rotatable bonds is 2. The van der Waals surface area contributed by atoms with Crippen molar-refractivity contribution in [3.63, 3.8) is 0 Å². The van der Waals surface area contributed by atoms with Crippen LogP contribution in [-0.2, 0) is 0 Å². The zero-order valence-electron chi connectivity index (χ0n) is 6.55. The van der Waals surface area contributed by atoms with E-state index in [1.165, 1.54) is 44.9 Å². The van der Waals surface area contributed by atoms with E-state index >= 15 is 0 Å². The van der Waals surface area contributed by atoms with Gasteiger partial charge in [-0.15, -0.1) is 0 Å². The predicted octanol–water partition coefficient (Wildman–Crippen LogP) is 3.43. The van der Waals surface area contributed by atoms with Crippen LogP contribution < -0.4 is 0 Å². The lowest BCUT2D eigenvalue weighted by Crippen LogP contribution is -2.14. The Balaban J connectivity index is 1.68.